The van der Waals surface area contributed by atoms with E-state index in [1.165, 1.54) is 11.0 Å². The third kappa shape index (κ3) is 2.74. The molecule has 0 saturated carbocycles. The van der Waals surface area contributed by atoms with E-state index in [0.717, 1.165) is 0 Å². The van der Waals surface area contributed by atoms with Gasteiger partial charge in [0.2, 0.25) is 0 Å². The molecule has 1 amide bonds. The molecular weight excluding hydrogens is 204 g/mol. The number of amides is 1. The Labute approximate surface area is 94.7 Å². The van der Waals surface area contributed by atoms with Gasteiger partial charge in [0.15, 0.2) is 0 Å². The molecule has 16 heavy (non-hydrogen) atoms. The van der Waals surface area contributed by atoms with E-state index in [-0.39, 0.29) is 23.1 Å². The highest BCUT2D eigenvalue weighted by Crippen LogP contribution is 2.17. The van der Waals surface area contributed by atoms with Crippen LogP contribution in [0.3, 0.4) is 0 Å². The second kappa shape index (κ2) is 5.17. The van der Waals surface area contributed by atoms with Crippen LogP contribution in [0.5, 0.6) is 5.75 Å². The highest BCUT2D eigenvalue weighted by molar-refractivity contribution is 5.96. The molecule has 1 N–H and O–H groups in total. The molecular formula is C12H14N2O2. The van der Waals surface area contributed by atoms with Crippen LogP contribution in [-0.2, 0) is 0 Å². The average molecular weight is 218 g/mol. The van der Waals surface area contributed by atoms with Crippen molar-refractivity contribution < 1.29 is 9.90 Å². The van der Waals surface area contributed by atoms with E-state index in [9.17, 15) is 9.90 Å². The number of benzene rings is 1. The second-order valence-corrected chi connectivity index (χ2v) is 3.73. The fourth-order valence-corrected chi connectivity index (χ4v) is 1.39. The van der Waals surface area contributed by atoms with Gasteiger partial charge in [-0.25, -0.2) is 0 Å². The van der Waals surface area contributed by atoms with Crippen molar-refractivity contribution in [1.29, 1.82) is 5.26 Å². The van der Waals surface area contributed by atoms with Crippen molar-refractivity contribution in [2.75, 3.05) is 13.6 Å². The van der Waals surface area contributed by atoms with E-state index in [1.54, 1.807) is 32.2 Å². The standard InChI is InChI=1S/C12H14N2O2/c1-9(7-13)8-14(2)12(16)10-5-3-4-6-11(10)15/h3-6,9,15H,8H2,1-2H3. The van der Waals surface area contributed by atoms with Crippen molar-refractivity contribution in [3.8, 4) is 11.8 Å². The zero-order chi connectivity index (χ0) is 12.1. The summed E-state index contributed by atoms with van der Waals surface area (Å²) in [5.74, 6) is -0.538. The third-order valence-corrected chi connectivity index (χ3v) is 2.25. The smallest absolute Gasteiger partial charge is 0.257 e. The predicted molar refractivity (Wildman–Crippen MR) is 59.8 cm³/mol. The van der Waals surface area contributed by atoms with Crippen LogP contribution >= 0.6 is 0 Å². The van der Waals surface area contributed by atoms with Crippen LogP contribution in [0.1, 0.15) is 17.3 Å². The molecule has 84 valence electrons. The Kier molecular flexibility index (Phi) is 3.90. The van der Waals surface area contributed by atoms with Gasteiger partial charge in [-0.05, 0) is 19.1 Å². The average Bonchev–Trinajstić information content (AvgIpc) is 2.28. The van der Waals surface area contributed by atoms with Crippen molar-refractivity contribution in [3.05, 3.63) is 29.8 Å². The predicted octanol–water partition coefficient (Wildman–Crippen LogP) is 1.62. The van der Waals surface area contributed by atoms with E-state index in [1.807, 2.05) is 0 Å². The summed E-state index contributed by atoms with van der Waals surface area (Å²) in [4.78, 5) is 13.3. The number of nitrogens with zero attached hydrogens (tertiary/aromatic N) is 2. The number of nitriles is 1. The summed E-state index contributed by atoms with van der Waals surface area (Å²) < 4.78 is 0. The van der Waals surface area contributed by atoms with Crippen LogP contribution in [0.4, 0.5) is 0 Å². The highest BCUT2D eigenvalue weighted by Gasteiger charge is 2.16. The minimum absolute atomic E-state index is 0.0380. The second-order valence-electron chi connectivity index (χ2n) is 3.73. The molecule has 0 aromatic heterocycles. The van der Waals surface area contributed by atoms with Crippen LogP contribution in [0.15, 0.2) is 24.3 Å². The SMILES string of the molecule is CC(C#N)CN(C)C(=O)c1ccccc1O. The molecule has 1 aromatic carbocycles. The lowest BCUT2D eigenvalue weighted by Crippen LogP contribution is -2.30. The Morgan fingerprint density at radius 3 is 2.75 bits per heavy atom. The molecule has 0 aliphatic heterocycles. The van der Waals surface area contributed by atoms with Crippen LogP contribution in [0.2, 0.25) is 0 Å². The van der Waals surface area contributed by atoms with Gasteiger partial charge in [-0.3, -0.25) is 4.79 Å². The molecule has 0 bridgehead atoms. The largest absolute Gasteiger partial charge is 0.507 e. The van der Waals surface area contributed by atoms with Gasteiger partial charge in [0.05, 0.1) is 17.6 Å². The molecule has 4 nitrogen and oxygen atoms in total. The van der Waals surface area contributed by atoms with Gasteiger partial charge in [0.1, 0.15) is 5.75 Å². The van der Waals surface area contributed by atoms with Gasteiger partial charge < -0.3 is 10.0 Å². The van der Waals surface area contributed by atoms with Crippen LogP contribution in [0, 0.1) is 17.2 Å². The minimum Gasteiger partial charge on any atom is -0.507 e. The maximum Gasteiger partial charge on any atom is 0.257 e. The number of aromatic hydroxyl groups is 1. The Morgan fingerprint density at radius 2 is 2.19 bits per heavy atom. The zero-order valence-electron chi connectivity index (χ0n) is 9.34. The Hall–Kier alpha value is -2.02. The number of hydrogen-bond donors (Lipinski definition) is 1. The molecule has 0 radical (unpaired) electrons. The van der Waals surface area contributed by atoms with E-state index in [2.05, 4.69) is 6.07 Å². The summed E-state index contributed by atoms with van der Waals surface area (Å²) >= 11 is 0. The van der Waals surface area contributed by atoms with Crippen LogP contribution < -0.4 is 0 Å². The van der Waals surface area contributed by atoms with Gasteiger partial charge >= 0.3 is 0 Å². The lowest BCUT2D eigenvalue weighted by Gasteiger charge is -2.18. The Bertz CT molecular complexity index is 423. The van der Waals surface area contributed by atoms with Gasteiger partial charge in [-0.2, -0.15) is 5.26 Å². The van der Waals surface area contributed by atoms with Crippen molar-refractivity contribution in [3.63, 3.8) is 0 Å². The summed E-state index contributed by atoms with van der Waals surface area (Å²) in [6.45, 7) is 2.10. The highest BCUT2D eigenvalue weighted by atomic mass is 16.3. The summed E-state index contributed by atoms with van der Waals surface area (Å²) in [6, 6.07) is 8.43. The summed E-state index contributed by atoms with van der Waals surface area (Å²) in [5, 5.41) is 18.2. The summed E-state index contributed by atoms with van der Waals surface area (Å²) in [5.41, 5.74) is 0.259. The molecule has 0 saturated heterocycles. The molecule has 0 spiro atoms. The molecule has 0 heterocycles. The number of para-hydroxylation sites is 1. The van der Waals surface area contributed by atoms with Gasteiger partial charge in [0, 0.05) is 13.6 Å². The number of phenolic OH excluding ortho intramolecular Hbond substituents is 1. The van der Waals surface area contributed by atoms with Gasteiger partial charge in [0.25, 0.3) is 5.91 Å². The lowest BCUT2D eigenvalue weighted by molar-refractivity contribution is 0.0782. The van der Waals surface area contributed by atoms with Crippen LogP contribution in [-0.4, -0.2) is 29.5 Å². The van der Waals surface area contributed by atoms with E-state index < -0.39 is 0 Å². The van der Waals surface area contributed by atoms with Crippen molar-refractivity contribution in [2.45, 2.75) is 6.92 Å². The molecule has 0 fully saturated rings. The fourth-order valence-electron chi connectivity index (χ4n) is 1.39. The number of hydrogen-bond acceptors (Lipinski definition) is 3. The first-order chi connectivity index (χ1) is 7.56. The number of phenols is 1. The van der Waals surface area contributed by atoms with Crippen molar-refractivity contribution in [2.24, 2.45) is 5.92 Å². The molecule has 1 rings (SSSR count). The topological polar surface area (TPSA) is 64.3 Å². The minimum atomic E-state index is -0.278. The van der Waals surface area contributed by atoms with Crippen LogP contribution in [0.25, 0.3) is 0 Å². The normalized spacial score (nSPS) is 11.6. The fraction of sp³-hybridized carbons (Fsp3) is 0.333. The molecule has 1 unspecified atom stereocenters. The first kappa shape index (κ1) is 12.1. The zero-order valence-corrected chi connectivity index (χ0v) is 9.34. The van der Waals surface area contributed by atoms with E-state index in [0.29, 0.717) is 6.54 Å². The maximum absolute atomic E-state index is 11.9. The maximum atomic E-state index is 11.9. The van der Waals surface area contributed by atoms with E-state index >= 15 is 0 Å². The number of carbonyl (C=O) groups is 1. The summed E-state index contributed by atoms with van der Waals surface area (Å²) in [6.07, 6.45) is 0. The molecule has 4 heteroatoms. The Morgan fingerprint density at radius 1 is 1.56 bits per heavy atom. The molecule has 1 aromatic rings. The molecule has 0 aliphatic rings. The van der Waals surface area contributed by atoms with E-state index in [4.69, 9.17) is 5.26 Å². The quantitative estimate of drug-likeness (QED) is 0.838. The third-order valence-electron chi connectivity index (χ3n) is 2.25. The molecule has 0 aliphatic carbocycles. The van der Waals surface area contributed by atoms with Crippen molar-refractivity contribution in [1.82, 2.24) is 4.90 Å². The van der Waals surface area contributed by atoms with Crippen molar-refractivity contribution >= 4 is 5.91 Å². The number of carbonyl (C=O) groups excluding carboxylic acids is 1. The first-order valence-corrected chi connectivity index (χ1v) is 4.99. The van der Waals surface area contributed by atoms with Gasteiger partial charge in [-0.1, -0.05) is 12.1 Å². The number of rotatable bonds is 3. The molecule has 1 atom stereocenters. The first-order valence-electron chi connectivity index (χ1n) is 4.99. The Balaban J connectivity index is 2.80. The summed E-state index contributed by atoms with van der Waals surface area (Å²) in [7, 11) is 1.61. The monoisotopic (exact) mass is 218 g/mol. The lowest BCUT2D eigenvalue weighted by atomic mass is 10.1. The van der Waals surface area contributed by atoms with Gasteiger partial charge in [-0.15, -0.1) is 0 Å².